The van der Waals surface area contributed by atoms with Gasteiger partial charge >= 0.3 is 0 Å². The smallest absolute Gasteiger partial charge is 0.262 e. The van der Waals surface area contributed by atoms with Crippen LogP contribution in [-0.2, 0) is 13.0 Å². The molecule has 4 aromatic rings. The average molecular weight is 323 g/mol. The van der Waals surface area contributed by atoms with Crippen LogP contribution in [0.15, 0.2) is 53.6 Å². The Morgan fingerprint density at radius 3 is 2.83 bits per heavy atom. The largest absolute Gasteiger partial charge is 0.276 e. The van der Waals surface area contributed by atoms with Crippen LogP contribution in [0.5, 0.6) is 0 Å². The van der Waals surface area contributed by atoms with Gasteiger partial charge in [-0.05, 0) is 30.3 Å². The maximum Gasteiger partial charge on any atom is 0.262 e. The maximum absolute atomic E-state index is 12.8. The molecule has 3 heterocycles. The van der Waals surface area contributed by atoms with Crippen molar-refractivity contribution in [3.05, 3.63) is 69.5 Å². The molecule has 0 unspecified atom stereocenters. The molecular weight excluding hydrogens is 310 g/mol. The van der Waals surface area contributed by atoms with Crippen molar-refractivity contribution < 1.29 is 0 Å². The highest BCUT2D eigenvalue weighted by molar-refractivity contribution is 7.71. The van der Waals surface area contributed by atoms with Crippen molar-refractivity contribution in [2.24, 2.45) is 0 Å². The number of benzene rings is 1. The summed E-state index contributed by atoms with van der Waals surface area (Å²) < 4.78 is 3.86. The lowest BCUT2D eigenvalue weighted by atomic mass is 10.1. The highest BCUT2D eigenvalue weighted by atomic mass is 32.1. The monoisotopic (exact) mass is 323 g/mol. The molecular formula is C16H13N5OS. The number of hydrogen-bond donors (Lipinski definition) is 1. The van der Waals surface area contributed by atoms with Crippen LogP contribution in [0.1, 0.15) is 5.56 Å². The lowest BCUT2D eigenvalue weighted by Gasteiger charge is -2.09. The van der Waals surface area contributed by atoms with E-state index in [4.69, 9.17) is 12.2 Å². The van der Waals surface area contributed by atoms with E-state index in [0.29, 0.717) is 28.0 Å². The van der Waals surface area contributed by atoms with Crippen molar-refractivity contribution in [1.82, 2.24) is 24.1 Å². The van der Waals surface area contributed by atoms with Crippen molar-refractivity contribution in [2.45, 2.75) is 13.0 Å². The van der Waals surface area contributed by atoms with E-state index in [1.807, 2.05) is 30.3 Å². The Morgan fingerprint density at radius 1 is 1.17 bits per heavy atom. The zero-order valence-electron chi connectivity index (χ0n) is 12.1. The lowest BCUT2D eigenvalue weighted by molar-refractivity contribution is 0.678. The molecule has 0 aliphatic carbocycles. The zero-order valence-corrected chi connectivity index (χ0v) is 13.0. The van der Waals surface area contributed by atoms with Crippen LogP contribution in [0, 0.1) is 4.77 Å². The summed E-state index contributed by atoms with van der Waals surface area (Å²) in [6.45, 7) is 0.532. The quantitative estimate of drug-likeness (QED) is 0.588. The standard InChI is InChI=1S/C16H13N5OS/c22-14-12-6-8-17-10-13(12)21-15(18-19-16(21)23)20(14)9-7-11-4-2-1-3-5-11/h1-6,8,10H,7,9H2,(H,19,23). The molecule has 0 amide bonds. The predicted octanol–water partition coefficient (Wildman–Crippen LogP) is 2.34. The van der Waals surface area contributed by atoms with Crippen molar-refractivity contribution >= 4 is 28.9 Å². The third kappa shape index (κ3) is 2.25. The van der Waals surface area contributed by atoms with E-state index >= 15 is 0 Å². The van der Waals surface area contributed by atoms with Crippen LogP contribution in [0.25, 0.3) is 16.7 Å². The van der Waals surface area contributed by atoms with Gasteiger partial charge in [0.25, 0.3) is 5.56 Å². The first-order valence-corrected chi connectivity index (χ1v) is 7.64. The Bertz CT molecular complexity index is 1110. The molecule has 4 rings (SSSR count). The molecule has 0 fully saturated rings. The van der Waals surface area contributed by atoms with Crippen molar-refractivity contribution in [1.29, 1.82) is 0 Å². The Labute approximate surface area is 136 Å². The van der Waals surface area contributed by atoms with E-state index in [-0.39, 0.29) is 5.56 Å². The number of pyridine rings is 1. The van der Waals surface area contributed by atoms with E-state index in [2.05, 4.69) is 15.2 Å². The first-order valence-electron chi connectivity index (χ1n) is 7.23. The molecule has 1 aromatic carbocycles. The summed E-state index contributed by atoms with van der Waals surface area (Å²) in [6, 6.07) is 11.8. The molecule has 0 saturated heterocycles. The molecule has 0 aliphatic heterocycles. The van der Waals surface area contributed by atoms with E-state index in [0.717, 1.165) is 6.42 Å². The Hall–Kier alpha value is -2.80. The van der Waals surface area contributed by atoms with Gasteiger partial charge in [0.05, 0.1) is 17.1 Å². The number of aromatic amines is 1. The number of rotatable bonds is 3. The molecule has 0 saturated carbocycles. The SMILES string of the molecule is O=c1c2ccncc2n2c(=S)[nH]nc2n1CCc1ccccc1. The minimum Gasteiger partial charge on any atom is -0.276 e. The summed E-state index contributed by atoms with van der Waals surface area (Å²) in [7, 11) is 0. The van der Waals surface area contributed by atoms with E-state index < -0.39 is 0 Å². The Morgan fingerprint density at radius 2 is 2.00 bits per heavy atom. The van der Waals surface area contributed by atoms with Crippen molar-refractivity contribution in [3.8, 4) is 0 Å². The van der Waals surface area contributed by atoms with Crippen LogP contribution >= 0.6 is 12.2 Å². The van der Waals surface area contributed by atoms with E-state index in [9.17, 15) is 4.79 Å². The highest BCUT2D eigenvalue weighted by Crippen LogP contribution is 2.12. The number of hydrogen-bond acceptors (Lipinski definition) is 4. The first kappa shape index (κ1) is 13.8. The zero-order chi connectivity index (χ0) is 15.8. The molecule has 0 radical (unpaired) electrons. The molecule has 1 N–H and O–H groups in total. The maximum atomic E-state index is 12.8. The van der Waals surface area contributed by atoms with Crippen LogP contribution in [0.3, 0.4) is 0 Å². The van der Waals surface area contributed by atoms with Gasteiger partial charge in [-0.15, -0.1) is 5.10 Å². The molecule has 6 nitrogen and oxygen atoms in total. The van der Waals surface area contributed by atoms with Gasteiger partial charge < -0.3 is 0 Å². The van der Waals surface area contributed by atoms with E-state index in [1.54, 1.807) is 27.4 Å². The van der Waals surface area contributed by atoms with Gasteiger partial charge in [-0.1, -0.05) is 30.3 Å². The van der Waals surface area contributed by atoms with Crippen LogP contribution < -0.4 is 5.56 Å². The summed E-state index contributed by atoms with van der Waals surface area (Å²) in [5.41, 5.74) is 1.75. The summed E-state index contributed by atoms with van der Waals surface area (Å²) in [5.74, 6) is 0.511. The molecule has 3 aromatic heterocycles. The molecule has 0 bridgehead atoms. The van der Waals surface area contributed by atoms with Crippen LogP contribution in [-0.4, -0.2) is 24.1 Å². The van der Waals surface area contributed by atoms with Gasteiger partial charge in [-0.25, -0.2) is 5.10 Å². The van der Waals surface area contributed by atoms with Gasteiger partial charge in [0.1, 0.15) is 0 Å². The molecule has 0 aliphatic rings. The average Bonchev–Trinajstić information content (AvgIpc) is 2.97. The van der Waals surface area contributed by atoms with Gasteiger partial charge in [0.2, 0.25) is 10.5 Å². The lowest BCUT2D eigenvalue weighted by Crippen LogP contribution is -2.24. The summed E-state index contributed by atoms with van der Waals surface area (Å²) in [5, 5.41) is 7.57. The third-order valence-corrected chi connectivity index (χ3v) is 4.15. The minimum absolute atomic E-state index is 0.0835. The van der Waals surface area contributed by atoms with Gasteiger partial charge in [0.15, 0.2) is 0 Å². The second-order valence-electron chi connectivity index (χ2n) is 5.25. The number of nitrogens with one attached hydrogen (secondary N) is 1. The number of aromatic nitrogens is 5. The van der Waals surface area contributed by atoms with Gasteiger partial charge in [-0.3, -0.25) is 18.7 Å². The number of nitrogens with zero attached hydrogens (tertiary/aromatic N) is 4. The molecule has 0 atom stereocenters. The van der Waals surface area contributed by atoms with Crippen molar-refractivity contribution in [2.75, 3.05) is 0 Å². The number of fused-ring (bicyclic) bond motifs is 3. The first-order chi connectivity index (χ1) is 11.3. The fourth-order valence-corrected chi connectivity index (χ4v) is 2.98. The summed E-state index contributed by atoms with van der Waals surface area (Å²) >= 11 is 5.30. The van der Waals surface area contributed by atoms with Crippen LogP contribution in [0.2, 0.25) is 0 Å². The predicted molar refractivity (Wildman–Crippen MR) is 90.1 cm³/mol. The minimum atomic E-state index is -0.0835. The Kier molecular flexibility index (Phi) is 3.27. The molecule has 23 heavy (non-hydrogen) atoms. The Balaban J connectivity index is 1.93. The second-order valence-corrected chi connectivity index (χ2v) is 5.64. The highest BCUT2D eigenvalue weighted by Gasteiger charge is 2.13. The molecule has 114 valence electrons. The normalized spacial score (nSPS) is 11.3. The molecule has 7 heteroatoms. The summed E-state index contributed by atoms with van der Waals surface area (Å²) in [6.07, 6.45) is 3.99. The fraction of sp³-hybridized carbons (Fsp3) is 0.125. The summed E-state index contributed by atoms with van der Waals surface area (Å²) in [4.78, 5) is 16.9. The van der Waals surface area contributed by atoms with Gasteiger partial charge in [0, 0.05) is 12.7 Å². The van der Waals surface area contributed by atoms with E-state index in [1.165, 1.54) is 5.56 Å². The second kappa shape index (κ2) is 5.44. The number of H-pyrrole nitrogens is 1. The topological polar surface area (TPSA) is 68.0 Å². The number of aryl methyl sites for hydroxylation is 2. The van der Waals surface area contributed by atoms with Crippen LogP contribution in [0.4, 0.5) is 0 Å². The molecule has 0 spiro atoms. The van der Waals surface area contributed by atoms with Gasteiger partial charge in [-0.2, -0.15) is 0 Å². The fourth-order valence-electron chi connectivity index (χ4n) is 2.76. The third-order valence-electron chi connectivity index (χ3n) is 3.88. The van der Waals surface area contributed by atoms with Crippen molar-refractivity contribution in [3.63, 3.8) is 0 Å².